The smallest absolute Gasteiger partial charge is 0.0756 e. The molecule has 2 aliphatic rings. The van der Waals surface area contributed by atoms with Gasteiger partial charge in [-0.2, -0.15) is 0 Å². The third kappa shape index (κ3) is 2.97. The summed E-state index contributed by atoms with van der Waals surface area (Å²) in [5.74, 6) is 0. The molecule has 1 heterocycles. The first-order valence-corrected chi connectivity index (χ1v) is 8.14. The van der Waals surface area contributed by atoms with Crippen LogP contribution in [0.25, 0.3) is 0 Å². The topological polar surface area (TPSA) is 21.3 Å². The number of halogens is 1. The molecule has 1 aliphatic heterocycles. The number of nitrogens with one attached hydrogen (secondary N) is 1. The number of hydrogen-bond donors (Lipinski definition) is 1. The summed E-state index contributed by atoms with van der Waals surface area (Å²) in [6.07, 6.45) is 8.10. The predicted molar refractivity (Wildman–Crippen MR) is 82.7 cm³/mol. The zero-order valence-corrected chi connectivity index (χ0v) is 13.1. The molecular weight excluding hydrogens is 302 g/mol. The third-order valence-corrected chi connectivity index (χ3v) is 5.15. The molecular formula is C16H22BrNO. The fourth-order valence-electron chi connectivity index (χ4n) is 3.41. The maximum atomic E-state index is 6.32. The lowest BCUT2D eigenvalue weighted by atomic mass is 9.98. The van der Waals surface area contributed by atoms with Crippen molar-refractivity contribution < 1.29 is 4.74 Å². The molecule has 1 spiro atoms. The molecule has 1 unspecified atom stereocenters. The number of aryl methyl sites for hydroxylation is 1. The van der Waals surface area contributed by atoms with Gasteiger partial charge in [-0.25, -0.2) is 0 Å². The van der Waals surface area contributed by atoms with Crippen LogP contribution in [0.1, 0.15) is 44.1 Å². The zero-order chi connectivity index (χ0) is 13.3. The van der Waals surface area contributed by atoms with Gasteiger partial charge in [0.2, 0.25) is 0 Å². The number of rotatable bonds is 3. The van der Waals surface area contributed by atoms with Crippen molar-refractivity contribution in [2.24, 2.45) is 0 Å². The van der Waals surface area contributed by atoms with E-state index in [1.54, 1.807) is 0 Å². The Bertz CT molecular complexity index is 454. The van der Waals surface area contributed by atoms with Crippen LogP contribution in [0.5, 0.6) is 0 Å². The first-order chi connectivity index (χ1) is 9.17. The molecule has 1 aliphatic carbocycles. The van der Waals surface area contributed by atoms with Crippen molar-refractivity contribution in [3.8, 4) is 0 Å². The van der Waals surface area contributed by atoms with E-state index in [-0.39, 0.29) is 5.60 Å². The average Bonchev–Trinajstić information content (AvgIpc) is 2.99. The average molecular weight is 324 g/mol. The maximum Gasteiger partial charge on any atom is 0.0756 e. The number of hydrogen-bond acceptors (Lipinski definition) is 2. The fraction of sp³-hybridized carbons (Fsp3) is 0.625. The Labute approximate surface area is 124 Å². The van der Waals surface area contributed by atoms with Crippen LogP contribution in [0.3, 0.4) is 0 Å². The fourth-order valence-corrected chi connectivity index (χ4v) is 4.05. The summed E-state index contributed by atoms with van der Waals surface area (Å²) in [6.45, 7) is 3.03. The molecule has 1 N–H and O–H groups in total. The van der Waals surface area contributed by atoms with Crippen molar-refractivity contribution >= 4 is 21.6 Å². The van der Waals surface area contributed by atoms with Crippen molar-refractivity contribution in [2.75, 3.05) is 11.9 Å². The summed E-state index contributed by atoms with van der Waals surface area (Å²) in [5, 5.41) is 3.52. The van der Waals surface area contributed by atoms with Gasteiger partial charge in [-0.1, -0.05) is 18.9 Å². The Hall–Kier alpha value is -0.540. The van der Waals surface area contributed by atoms with Gasteiger partial charge in [-0.15, -0.1) is 0 Å². The molecule has 2 nitrogen and oxygen atoms in total. The van der Waals surface area contributed by atoms with Crippen molar-refractivity contribution in [3.05, 3.63) is 28.2 Å². The Morgan fingerprint density at radius 2 is 2.11 bits per heavy atom. The highest BCUT2D eigenvalue weighted by atomic mass is 79.9. The molecule has 1 saturated heterocycles. The van der Waals surface area contributed by atoms with Crippen molar-refractivity contribution in [1.82, 2.24) is 0 Å². The molecule has 1 aromatic carbocycles. The summed E-state index contributed by atoms with van der Waals surface area (Å²) < 4.78 is 7.46. The molecule has 104 valence electrons. The minimum Gasteiger partial charge on any atom is -0.382 e. The van der Waals surface area contributed by atoms with Crippen LogP contribution < -0.4 is 5.32 Å². The van der Waals surface area contributed by atoms with Crippen LogP contribution in [-0.2, 0) is 4.74 Å². The second-order valence-corrected chi connectivity index (χ2v) is 6.89. The summed E-state index contributed by atoms with van der Waals surface area (Å²) >= 11 is 3.61. The molecule has 0 radical (unpaired) electrons. The van der Waals surface area contributed by atoms with E-state index < -0.39 is 0 Å². The van der Waals surface area contributed by atoms with Crippen LogP contribution in [-0.4, -0.2) is 18.2 Å². The van der Waals surface area contributed by atoms with E-state index >= 15 is 0 Å². The number of ether oxygens (including phenoxy) is 1. The SMILES string of the molecule is Cc1ccc(NCC2CCC3(CCCC3)O2)c(Br)c1. The van der Waals surface area contributed by atoms with Gasteiger partial charge in [0.25, 0.3) is 0 Å². The lowest BCUT2D eigenvalue weighted by molar-refractivity contribution is -0.0307. The minimum absolute atomic E-state index is 0.247. The highest BCUT2D eigenvalue weighted by molar-refractivity contribution is 9.10. The van der Waals surface area contributed by atoms with E-state index in [0.29, 0.717) is 6.10 Å². The van der Waals surface area contributed by atoms with Gasteiger partial charge in [0.15, 0.2) is 0 Å². The molecule has 0 amide bonds. The van der Waals surface area contributed by atoms with E-state index in [2.05, 4.69) is 46.4 Å². The predicted octanol–water partition coefficient (Wildman–Crippen LogP) is 4.66. The molecule has 2 fully saturated rings. The Morgan fingerprint density at radius 1 is 1.32 bits per heavy atom. The van der Waals surface area contributed by atoms with Crippen LogP contribution in [0.4, 0.5) is 5.69 Å². The quantitative estimate of drug-likeness (QED) is 0.873. The van der Waals surface area contributed by atoms with Gasteiger partial charge in [0.1, 0.15) is 0 Å². The summed E-state index contributed by atoms with van der Waals surface area (Å²) in [5.41, 5.74) is 2.69. The first-order valence-electron chi connectivity index (χ1n) is 7.35. The summed E-state index contributed by atoms with van der Waals surface area (Å²) in [4.78, 5) is 0. The van der Waals surface area contributed by atoms with Gasteiger partial charge in [-0.05, 0) is 66.2 Å². The van der Waals surface area contributed by atoms with Gasteiger partial charge < -0.3 is 10.1 Å². The molecule has 3 rings (SSSR count). The van der Waals surface area contributed by atoms with Gasteiger partial charge in [0, 0.05) is 16.7 Å². The highest BCUT2D eigenvalue weighted by Crippen LogP contribution is 2.43. The largest absolute Gasteiger partial charge is 0.382 e. The van der Waals surface area contributed by atoms with E-state index in [1.165, 1.54) is 49.8 Å². The Balaban J connectivity index is 1.55. The van der Waals surface area contributed by atoms with Crippen LogP contribution in [0.15, 0.2) is 22.7 Å². The van der Waals surface area contributed by atoms with Crippen molar-refractivity contribution in [2.45, 2.75) is 57.2 Å². The molecule has 1 aromatic rings. The third-order valence-electron chi connectivity index (χ3n) is 4.50. The van der Waals surface area contributed by atoms with Crippen molar-refractivity contribution in [1.29, 1.82) is 0 Å². The molecule has 1 atom stereocenters. The molecule has 0 bridgehead atoms. The summed E-state index contributed by atoms with van der Waals surface area (Å²) in [6, 6.07) is 6.43. The van der Waals surface area contributed by atoms with Crippen LogP contribution >= 0.6 is 15.9 Å². The highest BCUT2D eigenvalue weighted by Gasteiger charge is 2.41. The normalized spacial score (nSPS) is 25.1. The number of anilines is 1. The zero-order valence-electron chi connectivity index (χ0n) is 11.5. The Morgan fingerprint density at radius 3 is 2.84 bits per heavy atom. The van der Waals surface area contributed by atoms with Gasteiger partial charge in [-0.3, -0.25) is 0 Å². The summed E-state index contributed by atoms with van der Waals surface area (Å²) in [7, 11) is 0. The van der Waals surface area contributed by atoms with E-state index in [0.717, 1.165) is 11.0 Å². The second-order valence-electron chi connectivity index (χ2n) is 6.03. The van der Waals surface area contributed by atoms with Crippen molar-refractivity contribution in [3.63, 3.8) is 0 Å². The van der Waals surface area contributed by atoms with E-state index in [4.69, 9.17) is 4.74 Å². The molecule has 0 aromatic heterocycles. The monoisotopic (exact) mass is 323 g/mol. The lowest BCUT2D eigenvalue weighted by Crippen LogP contribution is -2.27. The second kappa shape index (κ2) is 5.45. The minimum atomic E-state index is 0.247. The van der Waals surface area contributed by atoms with Crippen LogP contribution in [0, 0.1) is 6.92 Å². The number of benzene rings is 1. The van der Waals surface area contributed by atoms with E-state index in [1.807, 2.05) is 0 Å². The molecule has 1 saturated carbocycles. The lowest BCUT2D eigenvalue weighted by Gasteiger charge is -2.24. The molecule has 3 heteroatoms. The van der Waals surface area contributed by atoms with Gasteiger partial charge in [0.05, 0.1) is 11.7 Å². The molecule has 19 heavy (non-hydrogen) atoms. The Kier molecular flexibility index (Phi) is 3.86. The van der Waals surface area contributed by atoms with Gasteiger partial charge >= 0.3 is 0 Å². The van der Waals surface area contributed by atoms with Crippen LogP contribution in [0.2, 0.25) is 0 Å². The maximum absolute atomic E-state index is 6.32. The van der Waals surface area contributed by atoms with E-state index in [9.17, 15) is 0 Å². The standard InChI is InChI=1S/C16H22BrNO/c1-12-4-5-15(14(17)10-12)18-11-13-6-9-16(19-13)7-2-3-8-16/h4-5,10,13,18H,2-3,6-9,11H2,1H3. The first kappa shape index (κ1) is 13.4.